The normalized spacial score (nSPS) is 23.5. The first-order valence-electron chi connectivity index (χ1n) is 22.5. The van der Waals surface area contributed by atoms with E-state index in [-0.39, 0.29) is 116 Å². The highest BCUT2D eigenvalue weighted by Gasteiger charge is 2.44. The predicted octanol–water partition coefficient (Wildman–Crippen LogP) is 7.71. The lowest BCUT2D eigenvalue weighted by molar-refractivity contribution is -0.155. The van der Waals surface area contributed by atoms with Gasteiger partial charge in [-0.3, -0.25) is 19.4 Å². The molecule has 9 rings (SSSR count). The van der Waals surface area contributed by atoms with Gasteiger partial charge in [-0.25, -0.2) is 15.4 Å². The smallest absolute Gasteiger partial charge is 0.406 e. The quantitative estimate of drug-likeness (QED) is 0.185. The Kier molecular flexibility index (Phi) is 19.5. The number of pyridine rings is 1. The second-order valence-electron chi connectivity index (χ2n) is 19.6. The van der Waals surface area contributed by atoms with E-state index in [0.717, 1.165) is 44.3 Å². The van der Waals surface area contributed by atoms with Gasteiger partial charge in [0.05, 0.1) is 41.4 Å². The summed E-state index contributed by atoms with van der Waals surface area (Å²) in [5, 5.41) is 7.49. The first kappa shape index (κ1) is 58.7. The van der Waals surface area contributed by atoms with Gasteiger partial charge in [-0.1, -0.05) is 26.8 Å². The van der Waals surface area contributed by atoms with Crippen molar-refractivity contribution < 1.29 is 41.8 Å². The average molecular weight is 1080 g/mol. The van der Waals surface area contributed by atoms with Crippen LogP contribution in [-0.2, 0) is 48.7 Å². The van der Waals surface area contributed by atoms with Crippen LogP contribution in [0.1, 0.15) is 94.2 Å². The summed E-state index contributed by atoms with van der Waals surface area (Å²) in [7, 11) is 3.66. The highest BCUT2D eigenvalue weighted by Crippen LogP contribution is 2.50. The van der Waals surface area contributed by atoms with Crippen molar-refractivity contribution in [2.75, 3.05) is 47.0 Å². The topological polar surface area (TPSA) is 140 Å². The van der Waals surface area contributed by atoms with Gasteiger partial charge in [0.25, 0.3) is 5.91 Å². The molecule has 4 aliphatic heterocycles. The molecule has 3 fully saturated rings. The average Bonchev–Trinajstić information content (AvgIpc) is 3.71. The third-order valence-corrected chi connectivity index (χ3v) is 15.0. The first-order chi connectivity index (χ1) is 30.4. The van der Waals surface area contributed by atoms with Crippen LogP contribution < -0.4 is 15.5 Å². The van der Waals surface area contributed by atoms with Gasteiger partial charge in [0.15, 0.2) is 0 Å². The zero-order valence-electron chi connectivity index (χ0n) is 39.9. The van der Waals surface area contributed by atoms with Gasteiger partial charge < -0.3 is 29.0 Å². The van der Waals surface area contributed by atoms with Crippen molar-refractivity contribution in [3.05, 3.63) is 51.5 Å². The zero-order chi connectivity index (χ0) is 45.3. The molecular weight excluding hydrogens is 1010 g/mol. The number of cyclic esters (lactones) is 1. The Hall–Kier alpha value is -2.83. The number of hydrogen-bond acceptors (Lipinski definition) is 11. The number of hydrazine groups is 1. The maximum absolute atomic E-state index is 15.0. The highest BCUT2D eigenvalue weighted by molar-refractivity contribution is 7.60. The van der Waals surface area contributed by atoms with Crippen LogP contribution in [-0.4, -0.2) is 107 Å². The Morgan fingerprint density at radius 2 is 1.75 bits per heavy atom. The minimum absolute atomic E-state index is 0. The number of carbonyl (C=O) groups excluding carboxylic acids is 3. The summed E-state index contributed by atoms with van der Waals surface area (Å²) in [6, 6.07) is 5.68. The number of alkyl halides is 3. The molecule has 0 unspecified atom stereocenters. The molecule has 6 bridgehead atoms. The van der Waals surface area contributed by atoms with Crippen LogP contribution in [0.5, 0.6) is 5.88 Å². The molecule has 7 heterocycles. The van der Waals surface area contributed by atoms with Crippen molar-refractivity contribution >= 4 is 108 Å². The number of carbonyl (C=O) groups is 3. The Labute approximate surface area is 441 Å². The molecule has 1 spiro atoms. The van der Waals surface area contributed by atoms with E-state index in [1.54, 1.807) is 19.2 Å². The number of benzene rings is 1. The van der Waals surface area contributed by atoms with E-state index in [0.29, 0.717) is 81.6 Å². The van der Waals surface area contributed by atoms with Gasteiger partial charge in [-0.05, 0) is 102 Å². The van der Waals surface area contributed by atoms with Crippen molar-refractivity contribution in [2.24, 2.45) is 17.3 Å². The molecule has 2 saturated heterocycles. The molecule has 5 atom stereocenters. The van der Waals surface area contributed by atoms with Crippen LogP contribution in [0.25, 0.3) is 33.4 Å². The molecule has 13 nitrogen and oxygen atoms in total. The number of fused-ring (bicyclic) bond motifs is 8. The number of nitrogens with zero attached hydrogens (tertiary/aromatic N) is 5. The summed E-state index contributed by atoms with van der Waals surface area (Å²) in [6.07, 6.45) is -0.619. The second-order valence-corrected chi connectivity index (χ2v) is 20.5. The van der Waals surface area contributed by atoms with Crippen LogP contribution in [0.15, 0.2) is 29.6 Å². The van der Waals surface area contributed by atoms with E-state index in [9.17, 15) is 14.4 Å². The number of aromatic nitrogens is 3. The zero-order valence-corrected chi connectivity index (χ0v) is 45.7. The maximum Gasteiger partial charge on any atom is 0.406 e. The summed E-state index contributed by atoms with van der Waals surface area (Å²) in [5.41, 5.74) is 6.68. The molecular formula is C47H68F3N7O6S6. The van der Waals surface area contributed by atoms with Crippen molar-refractivity contribution in [3.63, 3.8) is 0 Å². The molecule has 1 aliphatic carbocycles. The van der Waals surface area contributed by atoms with Crippen LogP contribution in [0.2, 0.25) is 0 Å². The van der Waals surface area contributed by atoms with Gasteiger partial charge >= 0.3 is 12.1 Å². The third kappa shape index (κ3) is 12.2. The molecule has 4 aromatic rings. The molecule has 1 saturated carbocycles. The van der Waals surface area contributed by atoms with Crippen molar-refractivity contribution in [1.29, 1.82) is 0 Å². The van der Waals surface area contributed by atoms with Gasteiger partial charge in [-0.15, -0.1) is 11.3 Å². The molecule has 22 heteroatoms. The van der Waals surface area contributed by atoms with E-state index in [1.807, 2.05) is 45.2 Å². The number of likely N-dealkylation sites (tertiary alicyclic amines) is 1. The summed E-state index contributed by atoms with van der Waals surface area (Å²) in [5.74, 6) is -0.535. The van der Waals surface area contributed by atoms with Crippen LogP contribution >= 0.6 is 78.8 Å². The fourth-order valence-corrected chi connectivity index (χ4v) is 11.0. The Bertz CT molecular complexity index is 2480. The van der Waals surface area contributed by atoms with Crippen LogP contribution in [0.3, 0.4) is 0 Å². The van der Waals surface area contributed by atoms with Crippen molar-refractivity contribution in [2.45, 2.75) is 115 Å². The lowest BCUT2D eigenvalue weighted by atomic mass is 9.69. The lowest BCUT2D eigenvalue weighted by Gasteiger charge is -2.44. The number of methoxy groups -OCH3 is 1. The van der Waals surface area contributed by atoms with Gasteiger partial charge in [0.1, 0.15) is 18.6 Å². The van der Waals surface area contributed by atoms with E-state index in [1.165, 1.54) is 20.9 Å². The van der Waals surface area contributed by atoms with E-state index < -0.39 is 42.3 Å². The Morgan fingerprint density at radius 1 is 1.04 bits per heavy atom. The Morgan fingerprint density at radius 3 is 2.42 bits per heavy atom. The number of nitrogens with one attached hydrogen (secondary N) is 2. The number of amides is 2. The summed E-state index contributed by atoms with van der Waals surface area (Å²) >= 11 is 1.35. The van der Waals surface area contributed by atoms with Gasteiger partial charge in [0.2, 0.25) is 11.8 Å². The van der Waals surface area contributed by atoms with Crippen LogP contribution in [0.4, 0.5) is 13.2 Å². The number of esters is 1. The van der Waals surface area contributed by atoms with Crippen LogP contribution in [0, 0.1) is 17.3 Å². The molecule has 384 valence electrons. The fourth-order valence-electron chi connectivity index (χ4n) is 10.1. The minimum atomic E-state index is -4.59. The van der Waals surface area contributed by atoms with Gasteiger partial charge in [-0.2, -0.15) is 80.6 Å². The third-order valence-electron chi connectivity index (χ3n) is 14.1. The predicted molar refractivity (Wildman–Crippen MR) is 287 cm³/mol. The van der Waals surface area contributed by atoms with Crippen molar-refractivity contribution in [3.8, 4) is 28.4 Å². The number of rotatable bonds is 6. The summed E-state index contributed by atoms with van der Waals surface area (Å²) < 4.78 is 64.7. The standard InChI is InChI=1S/C47H58F3N7O6S.5H2S/c1-26-18-29(26)41(58)52-35-21-38-51-36(23-64-38)28-9-10-37-30(19-28)32(22-45(3,4)25-63-44(60)34-8-7-14-57(54-34)43(35)59)40(56(37)24-47(48,49)50)31-20-33-42(53-39(31)27(2)61-6)62-17-13-46(33)11-15-55(5)16-12-46;;;;;/h9-10,19-20,23,26-27,29,34-35,54H,7-8,11-18,21-22,24-25H2,1-6H3,(H,52,58);5*1H2/t26-,27-,29-,34-,35-;;;;;/m0...../s1. The molecule has 2 amide bonds. The summed E-state index contributed by atoms with van der Waals surface area (Å²) in [4.78, 5) is 53.7. The highest BCUT2D eigenvalue weighted by atomic mass is 32.1. The first-order valence-corrected chi connectivity index (χ1v) is 23.4. The monoisotopic (exact) mass is 1080 g/mol. The number of hydrogen-bond donors (Lipinski definition) is 2. The maximum atomic E-state index is 15.0. The molecule has 0 radical (unpaired) electrons. The minimum Gasteiger partial charge on any atom is -0.477 e. The lowest BCUT2D eigenvalue weighted by Crippen LogP contribution is -2.60. The number of thiazole rings is 1. The molecule has 3 aromatic heterocycles. The molecule has 1 aromatic carbocycles. The fraction of sp³-hybridized carbons (Fsp3) is 0.596. The van der Waals surface area contributed by atoms with E-state index >= 15 is 13.2 Å². The van der Waals surface area contributed by atoms with Gasteiger partial charge in [0, 0.05) is 69.8 Å². The van der Waals surface area contributed by atoms with E-state index in [4.69, 9.17) is 24.2 Å². The largest absolute Gasteiger partial charge is 0.477 e. The SMILES string of the molecule is CO[C@@H](C)c1nc2c(cc1-c1c3c4cc(ccc4n1CC(F)(F)F)-c1csc(n1)C[C@H](NC(=O)[C@H]1C[C@@H]1C)C(=O)N1CCC[C@H](N1)C(=O)OCC(C)(C)C3)C1(CCO2)CCN(C)CC1.S.S.S.S.S. The van der Waals surface area contributed by atoms with Crippen molar-refractivity contribution in [1.82, 2.24) is 35.2 Å². The summed E-state index contributed by atoms with van der Waals surface area (Å²) in [6.45, 7) is 9.00. The molecule has 5 aliphatic rings. The number of ether oxygens (including phenoxy) is 3. The molecule has 2 N–H and O–H groups in total. The Balaban J connectivity index is 0.00000207. The molecule has 69 heavy (non-hydrogen) atoms. The number of halogens is 3. The number of piperidine rings is 1. The van der Waals surface area contributed by atoms with E-state index in [2.05, 4.69) is 22.7 Å². The second kappa shape index (κ2) is 22.9.